The number of carboxylic acids is 2. The van der Waals surface area contributed by atoms with E-state index in [2.05, 4.69) is 30.9 Å². The molecule has 0 unspecified atom stereocenters. The maximum Gasteiger partial charge on any atom is 0.305 e. The van der Waals surface area contributed by atoms with Crippen molar-refractivity contribution in [2.24, 2.45) is 0 Å². The summed E-state index contributed by atoms with van der Waals surface area (Å²) in [7, 11) is 0. The molecule has 2 heterocycles. The number of benzene rings is 4. The number of carbonyl (C=O) groups excluding carboxylic acids is 2. The van der Waals surface area contributed by atoms with Gasteiger partial charge in [0.1, 0.15) is 23.3 Å². The third kappa shape index (κ3) is 9.75. The van der Waals surface area contributed by atoms with E-state index < -0.39 is 83.6 Å². The molecule has 14 nitrogen and oxygen atoms in total. The normalized spacial score (nSPS) is 11.8. The maximum absolute atomic E-state index is 14.0. The summed E-state index contributed by atoms with van der Waals surface area (Å²) in [5.74, 6) is -7.82. The Labute approximate surface area is 301 Å². The molecule has 4 aromatic carbocycles. The quantitative estimate of drug-likeness (QED) is 0.108. The highest BCUT2D eigenvalue weighted by molar-refractivity contribution is 5.92. The minimum Gasteiger partial charge on any atom is -0.481 e. The highest BCUT2D eigenvalue weighted by Crippen LogP contribution is 2.24. The number of amides is 2. The van der Waals surface area contributed by atoms with E-state index in [4.69, 9.17) is 19.3 Å². The summed E-state index contributed by atoms with van der Waals surface area (Å²) < 4.78 is 64.7. The van der Waals surface area contributed by atoms with E-state index >= 15 is 0 Å². The number of rotatable bonds is 12. The van der Waals surface area contributed by atoms with Gasteiger partial charge in [-0.3, -0.25) is 19.2 Å². The molecular weight excluding hydrogens is 720 g/mol. The SMILES string of the molecule is O=C(O)C[C@H](NC(=O)c1noc(-c2ccccc2F)n1)c1cccc(F)c1.O=C(O)C[C@H](NC(=O)c1noc(-c2ccccc2F)n1)c1ccccc1F. The molecule has 0 fully saturated rings. The molecular formula is C36H26F4N6O8. The number of aliphatic carboxylic acids is 2. The van der Waals surface area contributed by atoms with Crippen LogP contribution in [0.4, 0.5) is 17.6 Å². The Bertz CT molecular complexity index is 2300. The smallest absolute Gasteiger partial charge is 0.305 e. The van der Waals surface area contributed by atoms with Crippen molar-refractivity contribution < 1.29 is 56.0 Å². The largest absolute Gasteiger partial charge is 0.481 e. The van der Waals surface area contributed by atoms with Crippen molar-refractivity contribution >= 4 is 23.8 Å². The number of nitrogens with zero attached hydrogens (tertiary/aromatic N) is 4. The van der Waals surface area contributed by atoms with Crippen LogP contribution in [0, 0.1) is 23.3 Å². The first-order valence-electron chi connectivity index (χ1n) is 15.6. The van der Waals surface area contributed by atoms with E-state index in [0.717, 1.165) is 12.1 Å². The van der Waals surface area contributed by atoms with Gasteiger partial charge in [0.2, 0.25) is 0 Å². The lowest BCUT2D eigenvalue weighted by molar-refractivity contribution is -0.138. The number of hydrogen-bond donors (Lipinski definition) is 4. The van der Waals surface area contributed by atoms with Crippen molar-refractivity contribution in [3.8, 4) is 22.9 Å². The fourth-order valence-electron chi connectivity index (χ4n) is 4.89. The van der Waals surface area contributed by atoms with Crippen LogP contribution in [-0.2, 0) is 9.59 Å². The van der Waals surface area contributed by atoms with Crippen LogP contribution in [-0.4, -0.2) is 54.2 Å². The molecule has 0 radical (unpaired) electrons. The summed E-state index contributed by atoms with van der Waals surface area (Å²) in [5.41, 5.74) is 0.311. The van der Waals surface area contributed by atoms with Crippen LogP contribution >= 0.6 is 0 Å². The van der Waals surface area contributed by atoms with Gasteiger partial charge in [-0.2, -0.15) is 9.97 Å². The summed E-state index contributed by atoms with van der Waals surface area (Å²) >= 11 is 0. The van der Waals surface area contributed by atoms with Crippen molar-refractivity contribution in [1.82, 2.24) is 30.9 Å². The molecule has 6 aromatic rings. The van der Waals surface area contributed by atoms with Gasteiger partial charge in [0.15, 0.2) is 0 Å². The minimum absolute atomic E-state index is 0.00562. The Hall–Kier alpha value is -7.24. The molecule has 6 rings (SSSR count). The second kappa shape index (κ2) is 17.3. The molecule has 2 atom stereocenters. The summed E-state index contributed by atoms with van der Waals surface area (Å²) in [5, 5.41) is 29.8. The first-order chi connectivity index (χ1) is 25.9. The van der Waals surface area contributed by atoms with Crippen molar-refractivity contribution in [2.45, 2.75) is 24.9 Å². The minimum atomic E-state index is -1.23. The third-order valence-corrected chi connectivity index (χ3v) is 7.37. The number of hydrogen-bond acceptors (Lipinski definition) is 10. The summed E-state index contributed by atoms with van der Waals surface area (Å²) in [6.45, 7) is 0. The van der Waals surface area contributed by atoms with E-state index in [-0.39, 0.29) is 34.0 Å². The Kier molecular flexibility index (Phi) is 12.2. The lowest BCUT2D eigenvalue weighted by atomic mass is 10.0. The molecule has 4 N–H and O–H groups in total. The Balaban J connectivity index is 0.000000208. The number of carboxylic acid groups (broad SMARTS) is 2. The molecule has 0 bridgehead atoms. The number of nitrogens with one attached hydrogen (secondary N) is 2. The molecule has 0 saturated heterocycles. The number of aromatic nitrogens is 4. The van der Waals surface area contributed by atoms with Gasteiger partial charge in [0.25, 0.3) is 35.2 Å². The van der Waals surface area contributed by atoms with Gasteiger partial charge in [0.05, 0.1) is 36.1 Å². The van der Waals surface area contributed by atoms with Crippen LogP contribution in [0.5, 0.6) is 0 Å². The molecule has 0 aliphatic heterocycles. The highest BCUT2D eigenvalue weighted by atomic mass is 19.1. The zero-order valence-electron chi connectivity index (χ0n) is 27.5. The van der Waals surface area contributed by atoms with Gasteiger partial charge < -0.3 is 29.9 Å². The summed E-state index contributed by atoms with van der Waals surface area (Å²) in [4.78, 5) is 54.5. The lowest BCUT2D eigenvalue weighted by Crippen LogP contribution is -2.31. The molecule has 2 aromatic heterocycles. The fraction of sp³-hybridized carbons (Fsp3) is 0.111. The molecule has 0 aliphatic rings. The van der Waals surface area contributed by atoms with E-state index in [0.29, 0.717) is 0 Å². The average Bonchev–Trinajstić information content (AvgIpc) is 3.83. The van der Waals surface area contributed by atoms with Gasteiger partial charge in [-0.1, -0.05) is 64.9 Å². The van der Waals surface area contributed by atoms with Crippen LogP contribution in [0.15, 0.2) is 106 Å². The second-order valence-electron chi connectivity index (χ2n) is 11.1. The predicted octanol–water partition coefficient (Wildman–Crippen LogP) is 5.92. The predicted molar refractivity (Wildman–Crippen MR) is 177 cm³/mol. The number of halogens is 4. The van der Waals surface area contributed by atoms with Crippen LogP contribution in [0.1, 0.15) is 57.3 Å². The monoisotopic (exact) mass is 746 g/mol. The average molecular weight is 747 g/mol. The highest BCUT2D eigenvalue weighted by Gasteiger charge is 2.26. The van der Waals surface area contributed by atoms with Gasteiger partial charge in [-0.15, -0.1) is 0 Å². The van der Waals surface area contributed by atoms with Crippen LogP contribution < -0.4 is 10.6 Å². The molecule has 0 saturated carbocycles. The van der Waals surface area contributed by atoms with Gasteiger partial charge in [-0.25, -0.2) is 17.6 Å². The summed E-state index contributed by atoms with van der Waals surface area (Å²) in [6, 6.07) is 19.8. The van der Waals surface area contributed by atoms with Crippen LogP contribution in [0.3, 0.4) is 0 Å². The Morgan fingerprint density at radius 1 is 0.593 bits per heavy atom. The Morgan fingerprint density at radius 3 is 1.54 bits per heavy atom. The van der Waals surface area contributed by atoms with Crippen molar-refractivity contribution in [2.75, 3.05) is 0 Å². The molecule has 18 heteroatoms. The van der Waals surface area contributed by atoms with Gasteiger partial charge in [-0.05, 0) is 48.0 Å². The van der Waals surface area contributed by atoms with E-state index in [1.165, 1.54) is 72.8 Å². The standard InChI is InChI=1S/2C18H13F2N3O4/c19-12-7-3-1-5-10(12)14(9-15(24)25)21-17(26)16-22-18(27-23-16)11-6-2-4-8-13(11)20;19-11-5-3-4-10(8-11)14(9-15(24)25)21-17(26)16-22-18(27-23-16)12-6-1-2-7-13(12)20/h2*1-8,14H,9H2,(H,21,26)(H,24,25)/t2*14-/m00/s1. The molecule has 0 spiro atoms. The zero-order chi connectivity index (χ0) is 38.8. The van der Waals surface area contributed by atoms with E-state index in [9.17, 15) is 36.7 Å². The van der Waals surface area contributed by atoms with E-state index in [1.54, 1.807) is 12.1 Å². The molecule has 0 aliphatic carbocycles. The van der Waals surface area contributed by atoms with Crippen LogP contribution in [0.2, 0.25) is 0 Å². The van der Waals surface area contributed by atoms with Gasteiger partial charge >= 0.3 is 11.9 Å². The molecule has 276 valence electrons. The first kappa shape index (κ1) is 38.0. The zero-order valence-corrected chi connectivity index (χ0v) is 27.5. The maximum atomic E-state index is 14.0. The lowest BCUT2D eigenvalue weighted by Gasteiger charge is -2.16. The summed E-state index contributed by atoms with van der Waals surface area (Å²) in [6.07, 6.45) is -1.03. The molecule has 2 amide bonds. The fourth-order valence-corrected chi connectivity index (χ4v) is 4.89. The molecule has 54 heavy (non-hydrogen) atoms. The van der Waals surface area contributed by atoms with Crippen molar-refractivity contribution in [3.63, 3.8) is 0 Å². The Morgan fingerprint density at radius 2 is 1.06 bits per heavy atom. The second-order valence-corrected chi connectivity index (χ2v) is 11.1. The topological polar surface area (TPSA) is 211 Å². The van der Waals surface area contributed by atoms with Gasteiger partial charge in [0, 0.05) is 5.56 Å². The third-order valence-electron chi connectivity index (χ3n) is 7.37. The van der Waals surface area contributed by atoms with Crippen molar-refractivity contribution in [1.29, 1.82) is 0 Å². The van der Waals surface area contributed by atoms with Crippen molar-refractivity contribution in [3.05, 3.63) is 143 Å². The first-order valence-corrected chi connectivity index (χ1v) is 15.6. The number of carbonyl (C=O) groups is 4. The van der Waals surface area contributed by atoms with E-state index in [1.807, 2.05) is 0 Å². The van der Waals surface area contributed by atoms with Crippen LogP contribution in [0.25, 0.3) is 22.9 Å².